The van der Waals surface area contributed by atoms with Gasteiger partial charge in [-0.1, -0.05) is 39.8 Å². The van der Waals surface area contributed by atoms with Gasteiger partial charge in [0.2, 0.25) is 0 Å². The van der Waals surface area contributed by atoms with Gasteiger partial charge in [0.15, 0.2) is 0 Å². The highest BCUT2D eigenvalue weighted by atomic mass is 16.2. The highest BCUT2D eigenvalue weighted by Gasteiger charge is 2.41. The number of anilines is 1. The predicted molar refractivity (Wildman–Crippen MR) is 140 cm³/mol. The van der Waals surface area contributed by atoms with E-state index in [-0.39, 0.29) is 17.9 Å². The maximum Gasteiger partial charge on any atom is 0.265 e. The van der Waals surface area contributed by atoms with Crippen molar-refractivity contribution in [3.63, 3.8) is 0 Å². The number of rotatable bonds is 7. The zero-order valence-electron chi connectivity index (χ0n) is 21.1. The quantitative estimate of drug-likeness (QED) is 0.369. The molecule has 5 rings (SSSR count). The second-order valence-electron chi connectivity index (χ2n) is 9.57. The van der Waals surface area contributed by atoms with Crippen molar-refractivity contribution in [1.82, 2.24) is 4.90 Å². The van der Waals surface area contributed by atoms with Crippen LogP contribution in [-0.4, -0.2) is 34.6 Å². The molecule has 0 saturated heterocycles. The van der Waals surface area contributed by atoms with Crippen LogP contribution in [0.25, 0.3) is 10.8 Å². The van der Waals surface area contributed by atoms with E-state index in [1.165, 1.54) is 15.4 Å². The molecule has 3 aromatic rings. The highest BCUT2D eigenvalue weighted by molar-refractivity contribution is 6.39. The molecule has 0 aliphatic carbocycles. The smallest absolute Gasteiger partial charge is 0.265 e. The van der Waals surface area contributed by atoms with Gasteiger partial charge >= 0.3 is 0 Å². The van der Waals surface area contributed by atoms with Crippen molar-refractivity contribution < 1.29 is 19.2 Å². The number of amides is 4. The van der Waals surface area contributed by atoms with Gasteiger partial charge in [0.05, 0.1) is 5.69 Å². The number of carbonyl (C=O) groups excluding carboxylic acids is 4. The lowest BCUT2D eigenvalue weighted by atomic mass is 9.85. The molecule has 0 spiro atoms. The monoisotopic (exact) mass is 482 g/mol. The van der Waals surface area contributed by atoms with Gasteiger partial charge < -0.3 is 0 Å². The molecular formula is C30H30N2O4. The van der Waals surface area contributed by atoms with Crippen LogP contribution in [-0.2, 0) is 0 Å². The number of carbonyl (C=O) groups is 4. The zero-order valence-corrected chi connectivity index (χ0v) is 21.1. The Hall–Kier alpha value is -3.80. The second kappa shape index (κ2) is 9.01. The summed E-state index contributed by atoms with van der Waals surface area (Å²) in [4.78, 5) is 56.6. The van der Waals surface area contributed by atoms with Crippen LogP contribution in [0.5, 0.6) is 0 Å². The maximum atomic E-state index is 13.6. The third-order valence-corrected chi connectivity index (χ3v) is 7.84. The molecule has 0 N–H and O–H groups in total. The minimum atomic E-state index is -0.450. The summed E-state index contributed by atoms with van der Waals surface area (Å²) in [6.07, 6.45) is 3.35. The summed E-state index contributed by atoms with van der Waals surface area (Å²) in [6.45, 7) is 8.20. The van der Waals surface area contributed by atoms with Crippen molar-refractivity contribution in [3.05, 3.63) is 76.3 Å². The molecule has 4 amide bonds. The molecule has 36 heavy (non-hydrogen) atoms. The lowest BCUT2D eigenvalue weighted by Crippen LogP contribution is -2.47. The normalized spacial score (nSPS) is 15.2. The first-order chi connectivity index (χ1) is 17.4. The molecule has 0 unspecified atom stereocenters. The summed E-state index contributed by atoms with van der Waals surface area (Å²) in [5.41, 5.74) is 3.06. The average Bonchev–Trinajstić information content (AvgIpc) is 2.90. The van der Waals surface area contributed by atoms with Crippen LogP contribution >= 0.6 is 0 Å². The first-order valence-corrected chi connectivity index (χ1v) is 12.8. The summed E-state index contributed by atoms with van der Waals surface area (Å²) < 4.78 is 0. The molecule has 6 nitrogen and oxygen atoms in total. The first-order valence-electron chi connectivity index (χ1n) is 12.8. The molecule has 0 fully saturated rings. The Bertz CT molecular complexity index is 1340. The van der Waals surface area contributed by atoms with E-state index in [2.05, 4.69) is 13.8 Å². The van der Waals surface area contributed by atoms with E-state index in [0.29, 0.717) is 57.5 Å². The SMILES string of the molecule is CCC(CC)c1ccc(N2C(=O)c3ccc4c5c(ccc(c35)C2=O)C(=O)N(C(CC)CC)C4=O)cc1. The number of hydrogen-bond acceptors (Lipinski definition) is 4. The summed E-state index contributed by atoms with van der Waals surface area (Å²) in [7, 11) is 0. The minimum absolute atomic E-state index is 0.206. The van der Waals surface area contributed by atoms with Crippen LogP contribution in [0.3, 0.4) is 0 Å². The summed E-state index contributed by atoms with van der Waals surface area (Å²) in [5.74, 6) is -1.21. The minimum Gasteiger partial charge on any atom is -0.271 e. The lowest BCUT2D eigenvalue weighted by molar-refractivity contribution is 0.0529. The van der Waals surface area contributed by atoms with E-state index in [0.717, 1.165) is 12.8 Å². The largest absolute Gasteiger partial charge is 0.271 e. The van der Waals surface area contributed by atoms with E-state index in [1.54, 1.807) is 24.3 Å². The molecule has 0 saturated carbocycles. The van der Waals surface area contributed by atoms with Crippen LogP contribution < -0.4 is 4.90 Å². The van der Waals surface area contributed by atoms with Crippen molar-refractivity contribution in [2.45, 2.75) is 65.3 Å². The fourth-order valence-corrected chi connectivity index (χ4v) is 5.77. The molecule has 2 heterocycles. The Morgan fingerprint density at radius 1 is 0.556 bits per heavy atom. The topological polar surface area (TPSA) is 74.8 Å². The molecular weight excluding hydrogens is 452 g/mol. The van der Waals surface area contributed by atoms with E-state index in [1.807, 2.05) is 38.1 Å². The van der Waals surface area contributed by atoms with Gasteiger partial charge in [-0.05, 0) is 73.6 Å². The molecule has 0 atom stereocenters. The van der Waals surface area contributed by atoms with E-state index < -0.39 is 11.8 Å². The Morgan fingerprint density at radius 3 is 1.36 bits per heavy atom. The molecule has 0 bridgehead atoms. The van der Waals surface area contributed by atoms with Crippen molar-refractivity contribution in [1.29, 1.82) is 0 Å². The average molecular weight is 483 g/mol. The molecule has 0 radical (unpaired) electrons. The standard InChI is InChI=1S/C30H30N2O4/c1-5-17(6-2)18-9-11-20(12-10-18)32-29(35)23-15-13-21-25-22(14-16-24(26(23)25)30(32)36)28(34)31(27(21)33)19(7-3)8-4/h9-17,19H,5-8H2,1-4H3. The molecule has 3 aromatic carbocycles. The third-order valence-electron chi connectivity index (χ3n) is 7.84. The Balaban J connectivity index is 1.63. The Labute approximate surface area is 210 Å². The van der Waals surface area contributed by atoms with Gasteiger partial charge in [-0.2, -0.15) is 0 Å². The van der Waals surface area contributed by atoms with E-state index in [4.69, 9.17) is 0 Å². The van der Waals surface area contributed by atoms with Crippen LogP contribution in [0.15, 0.2) is 48.5 Å². The number of imide groups is 2. The summed E-state index contributed by atoms with van der Waals surface area (Å²) in [6, 6.07) is 13.9. The fraction of sp³-hybridized carbons (Fsp3) is 0.333. The maximum absolute atomic E-state index is 13.6. The molecule has 2 aliphatic heterocycles. The van der Waals surface area contributed by atoms with Crippen LogP contribution in [0, 0.1) is 0 Å². The third kappa shape index (κ3) is 3.31. The van der Waals surface area contributed by atoms with Crippen LogP contribution in [0.1, 0.15) is 106 Å². The van der Waals surface area contributed by atoms with Gasteiger partial charge in [-0.3, -0.25) is 24.1 Å². The molecule has 0 aromatic heterocycles. The van der Waals surface area contributed by atoms with Crippen molar-refractivity contribution in [3.8, 4) is 0 Å². The van der Waals surface area contributed by atoms with Gasteiger partial charge in [-0.15, -0.1) is 0 Å². The van der Waals surface area contributed by atoms with Gasteiger partial charge in [0.1, 0.15) is 0 Å². The van der Waals surface area contributed by atoms with Gasteiger partial charge in [0.25, 0.3) is 23.6 Å². The summed E-state index contributed by atoms with van der Waals surface area (Å²) >= 11 is 0. The second-order valence-corrected chi connectivity index (χ2v) is 9.57. The molecule has 6 heteroatoms. The van der Waals surface area contributed by atoms with E-state index >= 15 is 0 Å². The molecule has 2 aliphatic rings. The van der Waals surface area contributed by atoms with Crippen molar-refractivity contribution in [2.75, 3.05) is 4.90 Å². The molecule has 184 valence electrons. The van der Waals surface area contributed by atoms with Crippen LogP contribution in [0.4, 0.5) is 5.69 Å². The van der Waals surface area contributed by atoms with Crippen LogP contribution in [0.2, 0.25) is 0 Å². The summed E-state index contributed by atoms with van der Waals surface area (Å²) in [5, 5.41) is 0.809. The van der Waals surface area contributed by atoms with Crippen molar-refractivity contribution >= 4 is 40.1 Å². The number of nitrogens with zero attached hydrogens (tertiary/aromatic N) is 2. The van der Waals surface area contributed by atoms with Gasteiger partial charge in [0, 0.05) is 39.1 Å². The Kier molecular flexibility index (Phi) is 5.99. The lowest BCUT2D eigenvalue weighted by Gasteiger charge is -2.35. The van der Waals surface area contributed by atoms with E-state index in [9.17, 15) is 19.2 Å². The van der Waals surface area contributed by atoms with Crippen molar-refractivity contribution in [2.24, 2.45) is 0 Å². The van der Waals surface area contributed by atoms with Gasteiger partial charge in [-0.25, -0.2) is 4.90 Å². The number of benzene rings is 3. The zero-order chi connectivity index (χ0) is 25.7. The first kappa shape index (κ1) is 23.9. The number of hydrogen-bond donors (Lipinski definition) is 0. The Morgan fingerprint density at radius 2 is 0.972 bits per heavy atom. The fourth-order valence-electron chi connectivity index (χ4n) is 5.77. The predicted octanol–water partition coefficient (Wildman–Crippen LogP) is 6.33. The highest BCUT2D eigenvalue weighted by Crippen LogP contribution is 2.40.